The fourth-order valence-corrected chi connectivity index (χ4v) is 2.86. The van der Waals surface area contributed by atoms with E-state index in [4.69, 9.17) is 9.47 Å². The van der Waals surface area contributed by atoms with Gasteiger partial charge in [0.05, 0.1) is 13.2 Å². The molecule has 0 aliphatic carbocycles. The summed E-state index contributed by atoms with van der Waals surface area (Å²) in [6.45, 7) is 0.573. The summed E-state index contributed by atoms with van der Waals surface area (Å²) in [7, 11) is 3.60. The molecule has 0 aliphatic heterocycles. The zero-order valence-electron chi connectivity index (χ0n) is 15.6. The maximum atomic E-state index is 10.3. The highest BCUT2D eigenvalue weighted by atomic mass is 16.5. The number of aryl methyl sites for hydroxylation is 1. The van der Waals surface area contributed by atoms with Crippen LogP contribution in [0.15, 0.2) is 67.0 Å². The molecule has 0 fully saturated rings. The van der Waals surface area contributed by atoms with Crippen molar-refractivity contribution >= 4 is 0 Å². The van der Waals surface area contributed by atoms with Crippen molar-refractivity contribution in [3.05, 3.63) is 78.4 Å². The van der Waals surface area contributed by atoms with E-state index in [0.717, 1.165) is 22.9 Å². The Morgan fingerprint density at radius 2 is 1.89 bits per heavy atom. The van der Waals surface area contributed by atoms with Crippen molar-refractivity contribution < 1.29 is 14.6 Å². The Balaban J connectivity index is 1.67. The van der Waals surface area contributed by atoms with E-state index in [1.165, 1.54) is 0 Å². The first-order chi connectivity index (χ1) is 13.2. The van der Waals surface area contributed by atoms with Crippen molar-refractivity contribution in [3.63, 3.8) is 0 Å². The van der Waals surface area contributed by atoms with Gasteiger partial charge in [0, 0.05) is 26.0 Å². The molecule has 27 heavy (non-hydrogen) atoms. The second-order valence-corrected chi connectivity index (χ2v) is 6.29. The van der Waals surface area contributed by atoms with Gasteiger partial charge in [-0.15, -0.1) is 0 Å². The van der Waals surface area contributed by atoms with Crippen LogP contribution >= 0.6 is 0 Å². The first kappa shape index (κ1) is 18.9. The number of imidazole rings is 1. The smallest absolute Gasteiger partial charge is 0.130 e. The zero-order valence-corrected chi connectivity index (χ0v) is 15.6. The van der Waals surface area contributed by atoms with Crippen molar-refractivity contribution in [1.29, 1.82) is 0 Å². The van der Waals surface area contributed by atoms with Crippen LogP contribution < -0.4 is 14.8 Å². The second kappa shape index (κ2) is 9.21. The van der Waals surface area contributed by atoms with Crippen LogP contribution in [0.5, 0.6) is 11.5 Å². The molecule has 1 aromatic heterocycles. The van der Waals surface area contributed by atoms with Crippen LogP contribution in [0.2, 0.25) is 0 Å². The lowest BCUT2D eigenvalue weighted by molar-refractivity contribution is 0.104. The van der Waals surface area contributed by atoms with Gasteiger partial charge in [0.1, 0.15) is 30.0 Å². The molecule has 0 saturated carbocycles. The molecule has 6 nitrogen and oxygen atoms in total. The molecule has 0 amide bonds. The number of ether oxygens (including phenoxy) is 2. The van der Waals surface area contributed by atoms with Gasteiger partial charge in [-0.25, -0.2) is 4.98 Å². The van der Waals surface area contributed by atoms with E-state index in [2.05, 4.69) is 10.3 Å². The van der Waals surface area contributed by atoms with Crippen LogP contribution in [-0.2, 0) is 7.05 Å². The van der Waals surface area contributed by atoms with Crippen molar-refractivity contribution in [2.24, 2.45) is 7.05 Å². The second-order valence-electron chi connectivity index (χ2n) is 6.29. The van der Waals surface area contributed by atoms with Gasteiger partial charge in [0.25, 0.3) is 0 Å². The minimum Gasteiger partial charge on any atom is -0.497 e. The van der Waals surface area contributed by atoms with Gasteiger partial charge >= 0.3 is 0 Å². The van der Waals surface area contributed by atoms with Crippen LogP contribution in [-0.4, -0.2) is 41.0 Å². The van der Waals surface area contributed by atoms with E-state index >= 15 is 0 Å². The number of benzene rings is 2. The van der Waals surface area contributed by atoms with Gasteiger partial charge in [-0.2, -0.15) is 0 Å². The molecular formula is C21H25N3O3. The van der Waals surface area contributed by atoms with Gasteiger partial charge in [0.15, 0.2) is 0 Å². The topological polar surface area (TPSA) is 68.5 Å². The van der Waals surface area contributed by atoms with Gasteiger partial charge < -0.3 is 24.5 Å². The Hall–Kier alpha value is -2.83. The maximum Gasteiger partial charge on any atom is 0.130 e. The number of aromatic nitrogens is 2. The highest BCUT2D eigenvalue weighted by Gasteiger charge is 2.20. The Bertz CT molecular complexity index is 835. The average Bonchev–Trinajstić information content (AvgIpc) is 3.13. The number of nitrogens with zero attached hydrogens (tertiary/aromatic N) is 2. The summed E-state index contributed by atoms with van der Waals surface area (Å²) in [5.41, 5.74) is 1.01. The number of nitrogens with one attached hydrogen (secondary N) is 1. The van der Waals surface area contributed by atoms with Crippen molar-refractivity contribution in [2.45, 2.75) is 12.1 Å². The van der Waals surface area contributed by atoms with E-state index in [-0.39, 0.29) is 12.6 Å². The van der Waals surface area contributed by atoms with Crippen LogP contribution in [0, 0.1) is 0 Å². The molecule has 2 aromatic carbocycles. The largest absolute Gasteiger partial charge is 0.497 e. The fraction of sp³-hybridized carbons (Fsp3) is 0.286. The molecule has 3 rings (SSSR count). The molecule has 2 atom stereocenters. The number of aliphatic hydroxyl groups excluding tert-OH is 1. The molecule has 0 spiro atoms. The monoisotopic (exact) mass is 367 g/mol. The number of aliphatic hydroxyl groups is 1. The summed E-state index contributed by atoms with van der Waals surface area (Å²) in [4.78, 5) is 4.47. The number of para-hydroxylation sites is 1. The van der Waals surface area contributed by atoms with Crippen molar-refractivity contribution in [2.75, 3.05) is 20.3 Å². The molecule has 6 heteroatoms. The quantitative estimate of drug-likeness (QED) is 0.608. The van der Waals surface area contributed by atoms with Crippen LogP contribution in [0.1, 0.15) is 17.4 Å². The predicted molar refractivity (Wildman–Crippen MR) is 104 cm³/mol. The molecule has 0 radical (unpaired) electrons. The lowest BCUT2D eigenvalue weighted by atomic mass is 10.1. The number of rotatable bonds is 9. The van der Waals surface area contributed by atoms with Crippen molar-refractivity contribution in [3.8, 4) is 11.5 Å². The van der Waals surface area contributed by atoms with E-state index in [9.17, 15) is 5.11 Å². The lowest BCUT2D eigenvalue weighted by Crippen LogP contribution is -2.35. The summed E-state index contributed by atoms with van der Waals surface area (Å²) in [5.74, 6) is 2.38. The van der Waals surface area contributed by atoms with Gasteiger partial charge in [-0.05, 0) is 29.8 Å². The van der Waals surface area contributed by atoms with E-state index in [1.807, 2.05) is 72.4 Å². The van der Waals surface area contributed by atoms with E-state index in [1.54, 1.807) is 13.3 Å². The summed E-state index contributed by atoms with van der Waals surface area (Å²) >= 11 is 0. The van der Waals surface area contributed by atoms with Crippen molar-refractivity contribution in [1.82, 2.24) is 14.9 Å². The zero-order chi connectivity index (χ0) is 19.1. The molecule has 0 bridgehead atoms. The Morgan fingerprint density at radius 3 is 2.59 bits per heavy atom. The van der Waals surface area contributed by atoms with Crippen LogP contribution in [0.25, 0.3) is 0 Å². The molecule has 2 unspecified atom stereocenters. The van der Waals surface area contributed by atoms with Crippen LogP contribution in [0.3, 0.4) is 0 Å². The SMILES string of the molecule is COc1cccc(C(NCC(O)COc2ccccc2)c2nccn2C)c1. The predicted octanol–water partition coefficient (Wildman–Crippen LogP) is 2.55. The number of methoxy groups -OCH3 is 1. The van der Waals surface area contributed by atoms with E-state index in [0.29, 0.717) is 6.54 Å². The standard InChI is InChI=1S/C21H25N3O3/c1-24-12-11-22-21(24)20(16-7-6-10-19(13-16)26-2)23-14-17(25)15-27-18-8-4-3-5-9-18/h3-13,17,20,23,25H,14-15H2,1-2H3. The number of hydrogen-bond donors (Lipinski definition) is 2. The average molecular weight is 367 g/mol. The summed E-state index contributed by atoms with van der Waals surface area (Å²) in [5, 5.41) is 13.7. The van der Waals surface area contributed by atoms with Crippen LogP contribution in [0.4, 0.5) is 0 Å². The lowest BCUT2D eigenvalue weighted by Gasteiger charge is -2.22. The molecule has 2 N–H and O–H groups in total. The molecule has 0 aliphatic rings. The fourth-order valence-electron chi connectivity index (χ4n) is 2.86. The van der Waals surface area contributed by atoms with Gasteiger partial charge in [-0.3, -0.25) is 0 Å². The minimum absolute atomic E-state index is 0.175. The molecule has 3 aromatic rings. The third kappa shape index (κ3) is 5.09. The first-order valence-corrected chi connectivity index (χ1v) is 8.88. The number of hydrogen-bond acceptors (Lipinski definition) is 5. The summed E-state index contributed by atoms with van der Waals surface area (Å²) in [6.07, 6.45) is 3.01. The minimum atomic E-state index is -0.654. The summed E-state index contributed by atoms with van der Waals surface area (Å²) in [6, 6.07) is 17.1. The third-order valence-electron chi connectivity index (χ3n) is 4.29. The highest BCUT2D eigenvalue weighted by Crippen LogP contribution is 2.24. The Morgan fingerprint density at radius 1 is 1.11 bits per heavy atom. The normalized spacial score (nSPS) is 13.1. The third-order valence-corrected chi connectivity index (χ3v) is 4.29. The highest BCUT2D eigenvalue weighted by molar-refractivity contribution is 5.33. The molecule has 142 valence electrons. The van der Waals surface area contributed by atoms with Gasteiger partial charge in [0.2, 0.25) is 0 Å². The Labute approximate surface area is 159 Å². The molecule has 0 saturated heterocycles. The molecular weight excluding hydrogens is 342 g/mol. The molecule has 1 heterocycles. The van der Waals surface area contributed by atoms with Gasteiger partial charge in [-0.1, -0.05) is 30.3 Å². The first-order valence-electron chi connectivity index (χ1n) is 8.88. The summed E-state index contributed by atoms with van der Waals surface area (Å²) < 4.78 is 12.9. The van der Waals surface area contributed by atoms with E-state index < -0.39 is 6.10 Å². The Kier molecular flexibility index (Phi) is 6.46. The maximum absolute atomic E-state index is 10.3.